The van der Waals surface area contributed by atoms with Gasteiger partial charge in [-0.15, -0.1) is 0 Å². The molecule has 2 aliphatic heterocycles. The molecular formula is C23H23F3N6. The zero-order valence-corrected chi connectivity index (χ0v) is 17.8. The molecular weight excluding hydrogens is 417 g/mol. The van der Waals surface area contributed by atoms with E-state index in [-0.39, 0.29) is 0 Å². The number of rotatable bonds is 4. The third-order valence-corrected chi connectivity index (χ3v) is 6.28. The van der Waals surface area contributed by atoms with E-state index in [1.54, 1.807) is 6.07 Å². The summed E-state index contributed by atoms with van der Waals surface area (Å²) in [5.41, 5.74) is 3.00. The van der Waals surface area contributed by atoms with Crippen LogP contribution in [-0.2, 0) is 6.18 Å². The molecule has 2 atom stereocenters. The smallest absolute Gasteiger partial charge is 0.365 e. The van der Waals surface area contributed by atoms with Crippen LogP contribution in [0.5, 0.6) is 0 Å². The molecule has 0 radical (unpaired) electrons. The number of pyridine rings is 1. The summed E-state index contributed by atoms with van der Waals surface area (Å²) in [6, 6.07) is 11.4. The molecule has 5 rings (SSSR count). The molecule has 166 valence electrons. The maximum atomic E-state index is 13.0. The quantitative estimate of drug-likeness (QED) is 0.645. The number of hydrogen-bond acceptors (Lipinski definition) is 6. The normalized spacial score (nSPS) is 20.7. The van der Waals surface area contributed by atoms with Gasteiger partial charge in [0.05, 0.1) is 5.69 Å². The number of fused-ring (bicyclic) bond motifs is 2. The van der Waals surface area contributed by atoms with Crippen molar-refractivity contribution in [2.45, 2.75) is 31.6 Å². The Labute approximate surface area is 184 Å². The Morgan fingerprint density at radius 2 is 1.81 bits per heavy atom. The average molecular weight is 440 g/mol. The van der Waals surface area contributed by atoms with E-state index in [2.05, 4.69) is 56.2 Å². The molecule has 1 N–H and O–H groups in total. The first-order valence-corrected chi connectivity index (χ1v) is 10.5. The number of piperazine rings is 1. The number of likely N-dealkylation sites (N-methyl/N-ethyl adjacent to an activating group) is 1. The molecule has 3 aromatic rings. The van der Waals surface area contributed by atoms with Crippen LogP contribution in [-0.4, -0.2) is 52.1 Å². The van der Waals surface area contributed by atoms with Gasteiger partial charge in [0.1, 0.15) is 5.69 Å². The Balaban J connectivity index is 1.35. The Morgan fingerprint density at radius 3 is 2.50 bits per heavy atom. The van der Waals surface area contributed by atoms with Crippen LogP contribution >= 0.6 is 0 Å². The van der Waals surface area contributed by atoms with Gasteiger partial charge in [0, 0.05) is 54.5 Å². The van der Waals surface area contributed by atoms with E-state index in [0.717, 1.165) is 36.6 Å². The van der Waals surface area contributed by atoms with Crippen LogP contribution in [0.15, 0.2) is 48.8 Å². The summed E-state index contributed by atoms with van der Waals surface area (Å²) < 4.78 is 39.0. The molecule has 0 spiro atoms. The number of anilines is 3. The number of alkyl halides is 3. The zero-order valence-electron chi connectivity index (χ0n) is 17.8. The Kier molecular flexibility index (Phi) is 5.00. The van der Waals surface area contributed by atoms with Gasteiger partial charge in [0.15, 0.2) is 0 Å². The highest BCUT2D eigenvalue weighted by Crippen LogP contribution is 2.36. The van der Waals surface area contributed by atoms with Crippen molar-refractivity contribution in [1.29, 1.82) is 0 Å². The van der Waals surface area contributed by atoms with Gasteiger partial charge in [-0.3, -0.25) is 9.88 Å². The van der Waals surface area contributed by atoms with Gasteiger partial charge in [-0.1, -0.05) is 0 Å². The van der Waals surface area contributed by atoms with Gasteiger partial charge in [0.25, 0.3) is 0 Å². The topological polar surface area (TPSA) is 57.2 Å². The number of nitrogens with zero attached hydrogens (tertiary/aromatic N) is 5. The largest absolute Gasteiger partial charge is 0.433 e. The van der Waals surface area contributed by atoms with Crippen molar-refractivity contribution in [3.05, 3.63) is 60.0 Å². The van der Waals surface area contributed by atoms with Crippen molar-refractivity contribution in [3.8, 4) is 11.3 Å². The van der Waals surface area contributed by atoms with E-state index in [9.17, 15) is 13.2 Å². The number of benzene rings is 1. The van der Waals surface area contributed by atoms with E-state index in [1.807, 2.05) is 6.07 Å². The average Bonchev–Trinajstić information content (AvgIpc) is 3.33. The molecule has 9 heteroatoms. The molecule has 4 heterocycles. The SMILES string of the molecule is Cc1cc(Nc2nccc(-c3ccnc(C(F)(F)F)c3)n2)ccc1N1CC2CC1CN2C. The van der Waals surface area contributed by atoms with Crippen molar-refractivity contribution >= 4 is 17.3 Å². The predicted molar refractivity (Wildman–Crippen MR) is 117 cm³/mol. The number of nitrogens with one attached hydrogen (secondary N) is 1. The number of halogens is 3. The molecule has 0 aliphatic carbocycles. The summed E-state index contributed by atoms with van der Waals surface area (Å²) in [7, 11) is 2.19. The van der Waals surface area contributed by atoms with Gasteiger partial charge in [-0.05, 0) is 62.4 Å². The Morgan fingerprint density at radius 1 is 1.00 bits per heavy atom. The van der Waals surface area contributed by atoms with Crippen molar-refractivity contribution in [2.75, 3.05) is 30.4 Å². The van der Waals surface area contributed by atoms with Gasteiger partial charge >= 0.3 is 6.18 Å². The summed E-state index contributed by atoms with van der Waals surface area (Å²) in [5, 5.41) is 3.17. The fourth-order valence-electron chi connectivity index (χ4n) is 4.67. The van der Waals surface area contributed by atoms with E-state index in [0.29, 0.717) is 29.3 Å². The highest BCUT2D eigenvalue weighted by atomic mass is 19.4. The highest BCUT2D eigenvalue weighted by Gasteiger charge is 2.41. The second kappa shape index (κ2) is 7.74. The lowest BCUT2D eigenvalue weighted by Gasteiger charge is -2.34. The molecule has 2 fully saturated rings. The van der Waals surface area contributed by atoms with E-state index in [4.69, 9.17) is 0 Å². The minimum Gasteiger partial charge on any atom is -0.365 e. The lowest BCUT2D eigenvalue weighted by Crippen LogP contribution is -2.44. The Bertz CT molecular complexity index is 1150. The Hall–Kier alpha value is -3.20. The van der Waals surface area contributed by atoms with Crippen LogP contribution in [0.25, 0.3) is 11.3 Å². The summed E-state index contributed by atoms with van der Waals surface area (Å²) in [6.45, 7) is 4.23. The van der Waals surface area contributed by atoms with Gasteiger partial charge < -0.3 is 10.2 Å². The lowest BCUT2D eigenvalue weighted by molar-refractivity contribution is -0.141. The summed E-state index contributed by atoms with van der Waals surface area (Å²) in [5.74, 6) is 0.321. The van der Waals surface area contributed by atoms with Crippen LogP contribution in [0.1, 0.15) is 17.7 Å². The van der Waals surface area contributed by atoms with Crippen molar-refractivity contribution in [2.24, 2.45) is 0 Å². The summed E-state index contributed by atoms with van der Waals surface area (Å²) in [6.07, 6.45) is -0.634. The van der Waals surface area contributed by atoms with Crippen LogP contribution in [0, 0.1) is 6.92 Å². The first-order chi connectivity index (χ1) is 15.3. The molecule has 1 aromatic carbocycles. The first-order valence-electron chi connectivity index (χ1n) is 10.5. The molecule has 6 nitrogen and oxygen atoms in total. The van der Waals surface area contributed by atoms with Crippen molar-refractivity contribution in [3.63, 3.8) is 0 Å². The minimum absolute atomic E-state index is 0.321. The first kappa shape index (κ1) is 20.7. The van der Waals surface area contributed by atoms with E-state index >= 15 is 0 Å². The standard InChI is InChI=1S/C23H23F3N6/c1-14-9-16(3-4-20(14)32-13-17-11-18(32)12-31(17)2)29-22-28-8-6-19(30-22)15-5-7-27-21(10-15)23(24,25)26/h3-10,17-18H,11-13H2,1-2H3,(H,28,29,30). The highest BCUT2D eigenvalue weighted by molar-refractivity contribution is 5.66. The minimum atomic E-state index is -4.51. The summed E-state index contributed by atoms with van der Waals surface area (Å²) in [4.78, 5) is 16.9. The van der Waals surface area contributed by atoms with E-state index in [1.165, 1.54) is 24.4 Å². The van der Waals surface area contributed by atoms with Gasteiger partial charge in [-0.2, -0.15) is 13.2 Å². The second-order valence-corrected chi connectivity index (χ2v) is 8.45. The molecule has 0 saturated carbocycles. The van der Waals surface area contributed by atoms with Crippen LogP contribution in [0.3, 0.4) is 0 Å². The number of likely N-dealkylation sites (tertiary alicyclic amines) is 1. The monoisotopic (exact) mass is 440 g/mol. The number of aryl methyl sites for hydroxylation is 1. The van der Waals surface area contributed by atoms with Gasteiger partial charge in [-0.25, -0.2) is 9.97 Å². The maximum Gasteiger partial charge on any atom is 0.433 e. The third kappa shape index (κ3) is 3.88. The fourth-order valence-corrected chi connectivity index (χ4v) is 4.67. The lowest BCUT2D eigenvalue weighted by atomic mass is 10.1. The third-order valence-electron chi connectivity index (χ3n) is 6.28. The van der Waals surface area contributed by atoms with Crippen LogP contribution < -0.4 is 10.2 Å². The predicted octanol–water partition coefficient (Wildman–Crippen LogP) is 4.50. The summed E-state index contributed by atoms with van der Waals surface area (Å²) >= 11 is 0. The number of aromatic nitrogens is 3. The zero-order chi connectivity index (χ0) is 22.5. The van der Waals surface area contributed by atoms with Crippen LogP contribution in [0.4, 0.5) is 30.5 Å². The molecule has 2 saturated heterocycles. The van der Waals surface area contributed by atoms with Gasteiger partial charge in [0.2, 0.25) is 5.95 Å². The maximum absolute atomic E-state index is 13.0. The molecule has 2 unspecified atom stereocenters. The fraction of sp³-hybridized carbons (Fsp3) is 0.348. The molecule has 0 amide bonds. The number of hydrogen-bond donors (Lipinski definition) is 1. The van der Waals surface area contributed by atoms with Crippen LogP contribution in [0.2, 0.25) is 0 Å². The second-order valence-electron chi connectivity index (χ2n) is 8.45. The van der Waals surface area contributed by atoms with Crippen molar-refractivity contribution in [1.82, 2.24) is 19.9 Å². The molecule has 2 aliphatic rings. The van der Waals surface area contributed by atoms with Crippen molar-refractivity contribution < 1.29 is 13.2 Å². The molecule has 32 heavy (non-hydrogen) atoms. The molecule has 2 bridgehead atoms. The van der Waals surface area contributed by atoms with E-state index < -0.39 is 11.9 Å². The molecule has 2 aromatic heterocycles.